The number of nitrogens with one attached hydrogen (secondary N) is 1. The van der Waals surface area contributed by atoms with Crippen LogP contribution in [0.4, 0.5) is 0 Å². The second-order valence-corrected chi connectivity index (χ2v) is 5.43. The first-order valence-corrected chi connectivity index (χ1v) is 7.02. The van der Waals surface area contributed by atoms with E-state index in [0.717, 1.165) is 33.3 Å². The maximum Gasteiger partial charge on any atom is 0.156 e. The zero-order valence-electron chi connectivity index (χ0n) is 11.8. The highest BCUT2D eigenvalue weighted by atomic mass is 16.3. The molecule has 1 radical (unpaired) electrons. The smallest absolute Gasteiger partial charge is 0.156 e. The van der Waals surface area contributed by atoms with E-state index in [-0.39, 0.29) is 5.92 Å². The maximum absolute atomic E-state index is 5.92. The number of aromatic amines is 1. The second-order valence-electron chi connectivity index (χ2n) is 5.43. The van der Waals surface area contributed by atoms with Crippen molar-refractivity contribution in [3.05, 3.63) is 61.0 Å². The van der Waals surface area contributed by atoms with Gasteiger partial charge in [-0.25, -0.2) is 0 Å². The van der Waals surface area contributed by atoms with Crippen molar-refractivity contribution in [3.63, 3.8) is 0 Å². The number of hydrogen-bond donors (Lipinski definition) is 1. The lowest BCUT2D eigenvalue weighted by Gasteiger charge is -2.04. The molecule has 0 aliphatic carbocycles. The molecule has 4 rings (SSSR count). The highest BCUT2D eigenvalue weighted by molar-refractivity contribution is 5.94. The largest absolute Gasteiger partial charge is 0.454 e. The van der Waals surface area contributed by atoms with Crippen LogP contribution in [0.1, 0.15) is 18.4 Å². The minimum Gasteiger partial charge on any atom is -0.454 e. The van der Waals surface area contributed by atoms with Gasteiger partial charge in [-0.3, -0.25) is 5.10 Å². The van der Waals surface area contributed by atoms with Gasteiger partial charge in [0, 0.05) is 10.8 Å². The summed E-state index contributed by atoms with van der Waals surface area (Å²) in [5, 5.41) is 9.65. The van der Waals surface area contributed by atoms with Crippen LogP contribution in [0.15, 0.2) is 52.9 Å². The van der Waals surface area contributed by atoms with Crippen LogP contribution in [0.3, 0.4) is 0 Å². The summed E-state index contributed by atoms with van der Waals surface area (Å²) in [7, 11) is 0. The van der Waals surface area contributed by atoms with Crippen molar-refractivity contribution in [2.45, 2.75) is 12.8 Å². The molecule has 103 valence electrons. The number of rotatable bonds is 2. The van der Waals surface area contributed by atoms with E-state index in [0.29, 0.717) is 0 Å². The second kappa shape index (κ2) is 4.48. The monoisotopic (exact) mass is 275 g/mol. The van der Waals surface area contributed by atoms with Gasteiger partial charge in [0.05, 0.1) is 5.52 Å². The van der Waals surface area contributed by atoms with E-state index >= 15 is 0 Å². The van der Waals surface area contributed by atoms with E-state index in [1.807, 2.05) is 36.4 Å². The Labute approximate surface area is 122 Å². The molecule has 0 saturated carbocycles. The van der Waals surface area contributed by atoms with Gasteiger partial charge < -0.3 is 4.42 Å². The molecule has 2 heterocycles. The van der Waals surface area contributed by atoms with Gasteiger partial charge in [0.2, 0.25) is 0 Å². The van der Waals surface area contributed by atoms with Crippen molar-refractivity contribution in [3.8, 4) is 11.5 Å². The Morgan fingerprint density at radius 3 is 2.81 bits per heavy atom. The van der Waals surface area contributed by atoms with Gasteiger partial charge in [-0.1, -0.05) is 31.2 Å². The van der Waals surface area contributed by atoms with Gasteiger partial charge in [0.15, 0.2) is 5.76 Å². The van der Waals surface area contributed by atoms with E-state index < -0.39 is 0 Å². The first-order valence-electron chi connectivity index (χ1n) is 7.02. The van der Waals surface area contributed by atoms with Gasteiger partial charge >= 0.3 is 0 Å². The fraction of sp³-hybridized carbons (Fsp3) is 0.111. The standard InChI is InChI=1S/C18H15N2O/c1-11(2)12-7-8-15-14(9-12)18(20-19-15)17-10-13-5-3-4-6-16(13)21-17/h3-11H,1H2,2H3,(H,19,20). The molecule has 0 bridgehead atoms. The summed E-state index contributed by atoms with van der Waals surface area (Å²) in [5.74, 6) is 1.03. The number of para-hydroxylation sites is 1. The lowest BCUT2D eigenvalue weighted by atomic mass is 10.0. The Balaban J connectivity index is 1.94. The SMILES string of the molecule is [CH2]C(C)c1ccc2[nH]nc(-c3cc4ccccc4o3)c2c1. The molecule has 1 atom stereocenters. The third kappa shape index (κ3) is 1.93. The lowest BCUT2D eigenvalue weighted by Crippen LogP contribution is -1.86. The highest BCUT2D eigenvalue weighted by Crippen LogP contribution is 2.32. The van der Waals surface area contributed by atoms with Crippen LogP contribution in [-0.4, -0.2) is 10.2 Å². The molecule has 2 aromatic carbocycles. The van der Waals surface area contributed by atoms with E-state index in [2.05, 4.69) is 36.2 Å². The van der Waals surface area contributed by atoms with Crippen molar-refractivity contribution < 1.29 is 4.42 Å². The third-order valence-electron chi connectivity index (χ3n) is 3.81. The molecule has 0 fully saturated rings. The summed E-state index contributed by atoms with van der Waals surface area (Å²) in [6.45, 7) is 6.17. The molecule has 0 saturated heterocycles. The van der Waals surface area contributed by atoms with E-state index in [1.54, 1.807) is 0 Å². The minimum atomic E-state index is 0.243. The van der Waals surface area contributed by atoms with Crippen molar-refractivity contribution in [1.82, 2.24) is 10.2 Å². The van der Waals surface area contributed by atoms with Crippen LogP contribution >= 0.6 is 0 Å². The molecule has 3 heteroatoms. The average Bonchev–Trinajstić information content (AvgIpc) is 3.09. The number of H-pyrrole nitrogens is 1. The quantitative estimate of drug-likeness (QED) is 0.564. The Morgan fingerprint density at radius 2 is 2.00 bits per heavy atom. The maximum atomic E-state index is 5.92. The topological polar surface area (TPSA) is 41.8 Å². The summed E-state index contributed by atoms with van der Waals surface area (Å²) >= 11 is 0. The van der Waals surface area contributed by atoms with Crippen molar-refractivity contribution in [2.75, 3.05) is 0 Å². The first-order chi connectivity index (χ1) is 10.2. The molecule has 2 aromatic heterocycles. The predicted octanol–water partition coefficient (Wildman–Crippen LogP) is 4.91. The van der Waals surface area contributed by atoms with Crippen LogP contribution in [-0.2, 0) is 0 Å². The summed E-state index contributed by atoms with van der Waals surface area (Å²) < 4.78 is 5.92. The fourth-order valence-corrected chi connectivity index (χ4v) is 2.62. The average molecular weight is 275 g/mol. The molecule has 0 spiro atoms. The van der Waals surface area contributed by atoms with Gasteiger partial charge in [0.1, 0.15) is 11.3 Å². The molecular formula is C18H15N2O. The first kappa shape index (κ1) is 12.2. The Morgan fingerprint density at radius 1 is 1.14 bits per heavy atom. The fourth-order valence-electron chi connectivity index (χ4n) is 2.62. The van der Waals surface area contributed by atoms with Crippen LogP contribution in [0.2, 0.25) is 0 Å². The zero-order valence-corrected chi connectivity index (χ0v) is 11.8. The molecule has 3 nitrogen and oxygen atoms in total. The predicted molar refractivity (Wildman–Crippen MR) is 85.1 cm³/mol. The Kier molecular flexibility index (Phi) is 2.61. The highest BCUT2D eigenvalue weighted by Gasteiger charge is 2.14. The van der Waals surface area contributed by atoms with E-state index in [9.17, 15) is 0 Å². The minimum absolute atomic E-state index is 0.243. The number of benzene rings is 2. The summed E-state index contributed by atoms with van der Waals surface area (Å²) in [4.78, 5) is 0. The Bertz CT molecular complexity index is 898. The zero-order chi connectivity index (χ0) is 14.4. The summed E-state index contributed by atoms with van der Waals surface area (Å²) in [5.41, 5.74) is 3.94. The van der Waals surface area contributed by atoms with Gasteiger partial charge in [-0.2, -0.15) is 5.10 Å². The molecule has 0 aliphatic rings. The van der Waals surface area contributed by atoms with Crippen LogP contribution in [0.5, 0.6) is 0 Å². The molecule has 0 amide bonds. The van der Waals surface area contributed by atoms with Gasteiger partial charge in [-0.15, -0.1) is 0 Å². The van der Waals surface area contributed by atoms with E-state index in [1.165, 1.54) is 5.56 Å². The lowest BCUT2D eigenvalue weighted by molar-refractivity contribution is 0.629. The van der Waals surface area contributed by atoms with Crippen LogP contribution < -0.4 is 0 Å². The van der Waals surface area contributed by atoms with Crippen LogP contribution in [0, 0.1) is 6.92 Å². The Hall–Kier alpha value is -2.55. The molecule has 0 aliphatic heterocycles. The van der Waals surface area contributed by atoms with Crippen molar-refractivity contribution in [2.24, 2.45) is 0 Å². The van der Waals surface area contributed by atoms with Crippen molar-refractivity contribution >= 4 is 21.9 Å². The summed E-state index contributed by atoms with van der Waals surface area (Å²) in [6, 6.07) is 16.3. The number of hydrogen-bond acceptors (Lipinski definition) is 2. The van der Waals surface area contributed by atoms with Crippen LogP contribution in [0.25, 0.3) is 33.3 Å². The summed E-state index contributed by atoms with van der Waals surface area (Å²) in [6.07, 6.45) is 0. The van der Waals surface area contributed by atoms with Gasteiger partial charge in [-0.05, 0) is 42.7 Å². The number of fused-ring (bicyclic) bond motifs is 2. The number of nitrogens with zero attached hydrogens (tertiary/aromatic N) is 1. The molecular weight excluding hydrogens is 260 g/mol. The van der Waals surface area contributed by atoms with Crippen molar-refractivity contribution in [1.29, 1.82) is 0 Å². The molecule has 1 unspecified atom stereocenters. The normalized spacial score (nSPS) is 11.8. The third-order valence-corrected chi connectivity index (χ3v) is 3.81. The molecule has 1 N–H and O–H groups in total. The number of aromatic nitrogens is 2. The molecule has 4 aromatic rings. The van der Waals surface area contributed by atoms with Gasteiger partial charge in [0.25, 0.3) is 0 Å². The van der Waals surface area contributed by atoms with E-state index in [4.69, 9.17) is 4.42 Å². The number of furan rings is 1. The molecule has 21 heavy (non-hydrogen) atoms.